The number of rotatable bonds is 5. The smallest absolute Gasteiger partial charge is 0.338 e. The first-order valence-electron chi connectivity index (χ1n) is 7.11. The summed E-state index contributed by atoms with van der Waals surface area (Å²) in [6.07, 6.45) is -0.228. The number of anilines is 1. The van der Waals surface area contributed by atoms with Gasteiger partial charge in [-0.15, -0.1) is 0 Å². The standard InChI is InChI=1S/C18H17NO4/c1-13(17(21)19(2)16-6-4-3-5-7-16)23-18(22)15-10-8-14(12-20)9-11-15/h3-13H,1-2H3/t13-/m1/s1. The molecule has 0 aromatic heterocycles. The fourth-order valence-corrected chi connectivity index (χ4v) is 2.03. The van der Waals surface area contributed by atoms with Crippen molar-refractivity contribution >= 4 is 23.9 Å². The highest BCUT2D eigenvalue weighted by Gasteiger charge is 2.23. The molecule has 23 heavy (non-hydrogen) atoms. The van der Waals surface area contributed by atoms with E-state index in [1.54, 1.807) is 19.2 Å². The number of benzene rings is 2. The molecule has 5 nitrogen and oxygen atoms in total. The molecule has 1 atom stereocenters. The fourth-order valence-electron chi connectivity index (χ4n) is 2.03. The van der Waals surface area contributed by atoms with Crippen LogP contribution >= 0.6 is 0 Å². The van der Waals surface area contributed by atoms with Crippen LogP contribution in [0.4, 0.5) is 5.69 Å². The van der Waals surface area contributed by atoms with Crippen molar-refractivity contribution in [2.75, 3.05) is 11.9 Å². The molecule has 2 aromatic rings. The lowest BCUT2D eigenvalue weighted by molar-refractivity contribution is -0.126. The molecule has 2 aromatic carbocycles. The van der Waals surface area contributed by atoms with Gasteiger partial charge in [-0.1, -0.05) is 30.3 Å². The molecule has 0 unspecified atom stereocenters. The topological polar surface area (TPSA) is 63.7 Å². The second kappa shape index (κ2) is 7.35. The molecule has 0 saturated carbocycles. The van der Waals surface area contributed by atoms with Crippen molar-refractivity contribution in [2.24, 2.45) is 0 Å². The minimum Gasteiger partial charge on any atom is -0.449 e. The third-order valence-electron chi connectivity index (χ3n) is 3.39. The highest BCUT2D eigenvalue weighted by atomic mass is 16.5. The third-order valence-corrected chi connectivity index (χ3v) is 3.39. The summed E-state index contributed by atoms with van der Waals surface area (Å²) in [6.45, 7) is 1.53. The zero-order valence-electron chi connectivity index (χ0n) is 12.9. The van der Waals surface area contributed by atoms with E-state index in [1.165, 1.54) is 36.1 Å². The van der Waals surface area contributed by atoms with Gasteiger partial charge in [0.2, 0.25) is 0 Å². The van der Waals surface area contributed by atoms with Crippen molar-refractivity contribution in [3.8, 4) is 0 Å². The van der Waals surface area contributed by atoms with E-state index >= 15 is 0 Å². The predicted octanol–water partition coefficient (Wildman–Crippen LogP) is 2.71. The van der Waals surface area contributed by atoms with E-state index < -0.39 is 12.1 Å². The maximum absolute atomic E-state index is 12.3. The Morgan fingerprint density at radius 2 is 1.65 bits per heavy atom. The number of carbonyl (C=O) groups excluding carboxylic acids is 3. The lowest BCUT2D eigenvalue weighted by atomic mass is 10.1. The SMILES string of the molecule is C[C@@H](OC(=O)c1ccc(C=O)cc1)C(=O)N(C)c1ccccc1. The molecule has 1 amide bonds. The molecule has 2 rings (SSSR count). The monoisotopic (exact) mass is 311 g/mol. The summed E-state index contributed by atoms with van der Waals surface area (Å²) in [7, 11) is 1.63. The van der Waals surface area contributed by atoms with Crippen LogP contribution in [0.2, 0.25) is 0 Å². The van der Waals surface area contributed by atoms with Crippen LogP contribution in [0.3, 0.4) is 0 Å². The number of nitrogens with zero attached hydrogens (tertiary/aromatic N) is 1. The van der Waals surface area contributed by atoms with Crippen LogP contribution in [-0.2, 0) is 9.53 Å². The van der Waals surface area contributed by atoms with Crippen molar-refractivity contribution in [2.45, 2.75) is 13.0 Å². The Morgan fingerprint density at radius 1 is 1.04 bits per heavy atom. The molecule has 5 heteroatoms. The fraction of sp³-hybridized carbons (Fsp3) is 0.167. The summed E-state index contributed by atoms with van der Waals surface area (Å²) in [5, 5.41) is 0. The van der Waals surface area contributed by atoms with Crippen LogP contribution in [0, 0.1) is 0 Å². The summed E-state index contributed by atoms with van der Waals surface area (Å²) in [6, 6.07) is 15.1. The zero-order valence-corrected chi connectivity index (χ0v) is 12.9. The van der Waals surface area contributed by atoms with Crippen LogP contribution in [-0.4, -0.2) is 31.3 Å². The molecule has 0 heterocycles. The van der Waals surface area contributed by atoms with Crippen LogP contribution in [0.25, 0.3) is 0 Å². The Labute approximate surface area is 134 Å². The van der Waals surface area contributed by atoms with E-state index in [1.807, 2.05) is 18.2 Å². The molecule has 0 aliphatic carbocycles. The van der Waals surface area contributed by atoms with E-state index in [2.05, 4.69) is 0 Å². The van der Waals surface area contributed by atoms with Crippen molar-refractivity contribution in [1.29, 1.82) is 0 Å². The van der Waals surface area contributed by atoms with E-state index in [-0.39, 0.29) is 11.5 Å². The number of likely N-dealkylation sites (N-methyl/N-ethyl adjacent to an activating group) is 1. The summed E-state index contributed by atoms with van der Waals surface area (Å²) in [5.41, 5.74) is 1.47. The Kier molecular flexibility index (Phi) is 5.25. The average molecular weight is 311 g/mol. The molecule has 0 saturated heterocycles. The molecule has 118 valence electrons. The highest BCUT2D eigenvalue weighted by molar-refractivity contribution is 5.98. The lowest BCUT2D eigenvalue weighted by Crippen LogP contribution is -2.37. The lowest BCUT2D eigenvalue weighted by Gasteiger charge is -2.21. The molecule has 0 radical (unpaired) electrons. The zero-order chi connectivity index (χ0) is 16.8. The summed E-state index contributed by atoms with van der Waals surface area (Å²) >= 11 is 0. The number of para-hydroxylation sites is 1. The van der Waals surface area contributed by atoms with Gasteiger partial charge in [0.1, 0.15) is 6.29 Å². The van der Waals surface area contributed by atoms with Gasteiger partial charge in [-0.2, -0.15) is 0 Å². The van der Waals surface area contributed by atoms with E-state index in [0.717, 1.165) is 5.69 Å². The molecule has 0 N–H and O–H groups in total. The summed E-state index contributed by atoms with van der Waals surface area (Å²) < 4.78 is 5.20. The maximum Gasteiger partial charge on any atom is 0.338 e. The summed E-state index contributed by atoms with van der Waals surface area (Å²) in [5.74, 6) is -0.932. The van der Waals surface area contributed by atoms with Crippen molar-refractivity contribution in [3.63, 3.8) is 0 Å². The van der Waals surface area contributed by atoms with Crippen LogP contribution in [0.15, 0.2) is 54.6 Å². The Hall–Kier alpha value is -2.95. The largest absolute Gasteiger partial charge is 0.449 e. The Morgan fingerprint density at radius 3 is 2.22 bits per heavy atom. The predicted molar refractivity (Wildman–Crippen MR) is 86.6 cm³/mol. The second-order valence-electron chi connectivity index (χ2n) is 5.02. The number of hydrogen-bond acceptors (Lipinski definition) is 4. The van der Waals surface area contributed by atoms with E-state index in [0.29, 0.717) is 11.8 Å². The quantitative estimate of drug-likeness (QED) is 0.629. The van der Waals surface area contributed by atoms with Gasteiger partial charge in [-0.3, -0.25) is 9.59 Å². The van der Waals surface area contributed by atoms with Crippen molar-refractivity contribution < 1.29 is 19.1 Å². The van der Waals surface area contributed by atoms with Crippen LogP contribution < -0.4 is 4.90 Å². The number of ether oxygens (including phenoxy) is 1. The normalized spacial score (nSPS) is 11.4. The summed E-state index contributed by atoms with van der Waals surface area (Å²) in [4.78, 5) is 36.4. The Bertz CT molecular complexity index is 695. The highest BCUT2D eigenvalue weighted by Crippen LogP contribution is 2.14. The van der Waals surface area contributed by atoms with Gasteiger partial charge in [0, 0.05) is 18.3 Å². The first-order chi connectivity index (χ1) is 11.0. The molecule has 0 bridgehead atoms. The number of aldehydes is 1. The minimum absolute atomic E-state index is 0.289. The van der Waals surface area contributed by atoms with Gasteiger partial charge >= 0.3 is 5.97 Å². The van der Waals surface area contributed by atoms with Gasteiger partial charge in [0.25, 0.3) is 5.91 Å². The van der Waals surface area contributed by atoms with Gasteiger partial charge < -0.3 is 9.64 Å². The van der Waals surface area contributed by atoms with Gasteiger partial charge in [0.05, 0.1) is 5.56 Å². The number of hydrogen-bond donors (Lipinski definition) is 0. The molecule has 0 spiro atoms. The first-order valence-corrected chi connectivity index (χ1v) is 7.11. The van der Waals surface area contributed by atoms with Crippen LogP contribution in [0.1, 0.15) is 27.6 Å². The molecular weight excluding hydrogens is 294 g/mol. The third kappa shape index (κ3) is 4.03. The van der Waals surface area contributed by atoms with E-state index in [9.17, 15) is 14.4 Å². The Balaban J connectivity index is 2.02. The van der Waals surface area contributed by atoms with Crippen LogP contribution in [0.5, 0.6) is 0 Å². The minimum atomic E-state index is -0.918. The van der Waals surface area contributed by atoms with Crippen molar-refractivity contribution in [1.82, 2.24) is 0 Å². The van der Waals surface area contributed by atoms with Gasteiger partial charge in [0.15, 0.2) is 6.10 Å². The number of esters is 1. The molecule has 0 fully saturated rings. The van der Waals surface area contributed by atoms with E-state index in [4.69, 9.17) is 4.74 Å². The average Bonchev–Trinajstić information content (AvgIpc) is 2.61. The molecular formula is C18H17NO4. The molecule has 0 aliphatic heterocycles. The van der Waals surface area contributed by atoms with Gasteiger partial charge in [-0.25, -0.2) is 4.79 Å². The van der Waals surface area contributed by atoms with Gasteiger partial charge in [-0.05, 0) is 31.2 Å². The maximum atomic E-state index is 12.3. The van der Waals surface area contributed by atoms with Crippen molar-refractivity contribution in [3.05, 3.63) is 65.7 Å². The number of carbonyl (C=O) groups is 3. The first kappa shape index (κ1) is 16.4. The second-order valence-corrected chi connectivity index (χ2v) is 5.02. The number of amides is 1. The molecule has 0 aliphatic rings.